The number of carboxylic acids is 1. The fourth-order valence-electron chi connectivity index (χ4n) is 3.19. The van der Waals surface area contributed by atoms with Gasteiger partial charge in [0.25, 0.3) is 5.91 Å². The van der Waals surface area contributed by atoms with E-state index in [-0.39, 0.29) is 18.6 Å². The predicted molar refractivity (Wildman–Crippen MR) is 97.6 cm³/mol. The van der Waals surface area contributed by atoms with Crippen molar-refractivity contribution >= 4 is 11.9 Å². The Bertz CT molecular complexity index is 672. The zero-order valence-corrected chi connectivity index (χ0v) is 16.1. The number of hydrogen-bond donors (Lipinski definition) is 1. The molecule has 2 fully saturated rings. The highest BCUT2D eigenvalue weighted by Crippen LogP contribution is 2.23. The topological polar surface area (TPSA) is 79.3 Å². The number of carboxylic acid groups (broad SMARTS) is 1. The number of likely N-dealkylation sites (tertiary alicyclic amines) is 1. The van der Waals surface area contributed by atoms with E-state index in [1.54, 1.807) is 0 Å². The molecule has 0 radical (unpaired) electrons. The Hall–Kier alpha value is -2.33. The summed E-state index contributed by atoms with van der Waals surface area (Å²) in [5.41, 5.74) is 0. The van der Waals surface area contributed by atoms with Gasteiger partial charge in [-0.1, -0.05) is 18.2 Å². The minimum Gasteiger partial charge on any atom is -0.484 e. The largest absolute Gasteiger partial charge is 0.490 e. The van der Waals surface area contributed by atoms with Crippen LogP contribution in [0.15, 0.2) is 30.3 Å². The molecule has 7 nitrogen and oxygen atoms in total. The highest BCUT2D eigenvalue weighted by Gasteiger charge is 2.38. The zero-order valence-electron chi connectivity index (χ0n) is 16.1. The summed E-state index contributed by atoms with van der Waals surface area (Å²) in [5, 5.41) is 7.12. The van der Waals surface area contributed by atoms with E-state index in [9.17, 15) is 18.0 Å². The molecule has 1 N–H and O–H groups in total. The first-order valence-electron chi connectivity index (χ1n) is 9.22. The molecule has 3 rings (SSSR count). The Labute approximate surface area is 167 Å². The molecule has 1 amide bonds. The number of nitrogens with zero attached hydrogens (tertiary/aromatic N) is 2. The fourth-order valence-corrected chi connectivity index (χ4v) is 3.19. The van der Waals surface area contributed by atoms with Crippen LogP contribution in [0.3, 0.4) is 0 Å². The third kappa shape index (κ3) is 7.54. The molecule has 2 aliphatic heterocycles. The average molecular weight is 418 g/mol. The van der Waals surface area contributed by atoms with Crippen LogP contribution in [0.25, 0.3) is 0 Å². The van der Waals surface area contributed by atoms with Crippen molar-refractivity contribution < 1.29 is 37.3 Å². The normalized spacial score (nSPS) is 22.6. The third-order valence-corrected chi connectivity index (χ3v) is 4.75. The second kappa shape index (κ2) is 10.4. The number of aliphatic carboxylic acids is 1. The van der Waals surface area contributed by atoms with Crippen LogP contribution in [0.4, 0.5) is 13.2 Å². The van der Waals surface area contributed by atoms with E-state index in [1.165, 1.54) is 0 Å². The Morgan fingerprint density at radius 2 is 1.86 bits per heavy atom. The van der Waals surface area contributed by atoms with E-state index in [0.29, 0.717) is 12.5 Å². The molecule has 0 saturated carbocycles. The van der Waals surface area contributed by atoms with Crippen LogP contribution in [0.2, 0.25) is 0 Å². The van der Waals surface area contributed by atoms with Gasteiger partial charge >= 0.3 is 12.1 Å². The molecule has 2 saturated heterocycles. The van der Waals surface area contributed by atoms with Crippen LogP contribution >= 0.6 is 0 Å². The molecule has 1 aromatic rings. The van der Waals surface area contributed by atoms with Crippen molar-refractivity contribution in [1.82, 2.24) is 9.80 Å². The Morgan fingerprint density at radius 1 is 1.21 bits per heavy atom. The van der Waals surface area contributed by atoms with Crippen LogP contribution in [-0.2, 0) is 14.3 Å². The average Bonchev–Trinajstić information content (AvgIpc) is 2.86. The number of rotatable bonds is 3. The number of fused-ring (bicyclic) bond motifs is 1. The number of ether oxygens (including phenoxy) is 2. The first-order chi connectivity index (χ1) is 13.7. The summed E-state index contributed by atoms with van der Waals surface area (Å²) in [6, 6.07) is 9.47. The lowest BCUT2D eigenvalue weighted by atomic mass is 9.93. The lowest BCUT2D eigenvalue weighted by Gasteiger charge is -2.37. The second-order valence-corrected chi connectivity index (χ2v) is 6.96. The van der Waals surface area contributed by atoms with Gasteiger partial charge in [-0.15, -0.1) is 0 Å². The van der Waals surface area contributed by atoms with Gasteiger partial charge in [-0.25, -0.2) is 4.79 Å². The number of halogens is 3. The molecule has 162 valence electrons. The van der Waals surface area contributed by atoms with Gasteiger partial charge in [0.05, 0.1) is 12.7 Å². The molecule has 2 heterocycles. The lowest BCUT2D eigenvalue weighted by molar-refractivity contribution is -0.192. The Morgan fingerprint density at radius 3 is 2.48 bits per heavy atom. The molecule has 10 heteroatoms. The quantitative estimate of drug-likeness (QED) is 0.808. The first kappa shape index (κ1) is 23.0. The van der Waals surface area contributed by atoms with E-state index in [0.717, 1.165) is 38.4 Å². The monoisotopic (exact) mass is 418 g/mol. The summed E-state index contributed by atoms with van der Waals surface area (Å²) >= 11 is 0. The molecule has 2 atom stereocenters. The smallest absolute Gasteiger partial charge is 0.484 e. The maximum absolute atomic E-state index is 12.3. The minimum atomic E-state index is -5.08. The molecule has 0 aliphatic carbocycles. The van der Waals surface area contributed by atoms with E-state index in [2.05, 4.69) is 11.9 Å². The van der Waals surface area contributed by atoms with Gasteiger partial charge in [0.1, 0.15) is 5.75 Å². The standard InChI is InChI=1S/C17H24N2O3.C2HF3O2/c1-18-9-10-21-16-12-19(8-7-14(16)11-18)17(20)13-22-15-5-3-2-4-6-15;3-2(4,5)1(6)7/h2-6,14,16H,7-13H2,1H3;(H,6,7)/t14-,16-;/m1./s1. The van der Waals surface area contributed by atoms with Gasteiger partial charge in [0.15, 0.2) is 6.61 Å². The molecule has 0 spiro atoms. The molecule has 0 bridgehead atoms. The van der Waals surface area contributed by atoms with Crippen molar-refractivity contribution in [3.05, 3.63) is 30.3 Å². The number of amides is 1. The molecule has 0 unspecified atom stereocenters. The van der Waals surface area contributed by atoms with Crippen LogP contribution < -0.4 is 4.74 Å². The van der Waals surface area contributed by atoms with Crippen molar-refractivity contribution in [2.24, 2.45) is 5.92 Å². The Balaban J connectivity index is 0.000000370. The van der Waals surface area contributed by atoms with Gasteiger partial charge in [0, 0.05) is 32.1 Å². The number of hydrogen-bond acceptors (Lipinski definition) is 5. The summed E-state index contributed by atoms with van der Waals surface area (Å²) in [7, 11) is 2.14. The highest BCUT2D eigenvalue weighted by atomic mass is 19.4. The number of carbonyl (C=O) groups excluding carboxylic acids is 1. The van der Waals surface area contributed by atoms with Crippen LogP contribution in [0.5, 0.6) is 5.75 Å². The fraction of sp³-hybridized carbons (Fsp3) is 0.579. The SMILES string of the molecule is CN1CCO[C@@H]2CN(C(=O)COc3ccccc3)CC[C@@H]2C1.O=C(O)C(F)(F)F. The molecular weight excluding hydrogens is 393 g/mol. The van der Waals surface area contributed by atoms with E-state index >= 15 is 0 Å². The van der Waals surface area contributed by atoms with E-state index in [4.69, 9.17) is 19.4 Å². The van der Waals surface area contributed by atoms with Crippen molar-refractivity contribution in [3.8, 4) is 5.75 Å². The highest BCUT2D eigenvalue weighted by molar-refractivity contribution is 5.78. The minimum absolute atomic E-state index is 0.0449. The number of likely N-dealkylation sites (N-methyl/N-ethyl adjacent to an activating group) is 1. The maximum atomic E-state index is 12.3. The number of piperidine rings is 1. The van der Waals surface area contributed by atoms with Crippen LogP contribution in [0.1, 0.15) is 6.42 Å². The summed E-state index contributed by atoms with van der Waals surface area (Å²) in [6.45, 7) is 4.37. The summed E-state index contributed by atoms with van der Waals surface area (Å²) < 4.78 is 43.2. The first-order valence-corrected chi connectivity index (χ1v) is 9.22. The summed E-state index contributed by atoms with van der Waals surface area (Å²) in [6.07, 6.45) is -3.91. The molecule has 29 heavy (non-hydrogen) atoms. The third-order valence-electron chi connectivity index (χ3n) is 4.75. The molecule has 2 aliphatic rings. The zero-order chi connectivity index (χ0) is 21.4. The van der Waals surface area contributed by atoms with Crippen molar-refractivity contribution in [3.63, 3.8) is 0 Å². The second-order valence-electron chi connectivity index (χ2n) is 6.96. The van der Waals surface area contributed by atoms with Crippen molar-refractivity contribution in [1.29, 1.82) is 0 Å². The van der Waals surface area contributed by atoms with Crippen molar-refractivity contribution in [2.45, 2.75) is 18.7 Å². The lowest BCUT2D eigenvalue weighted by Crippen LogP contribution is -2.50. The number of carbonyl (C=O) groups is 2. The molecule has 1 aromatic carbocycles. The summed E-state index contributed by atoms with van der Waals surface area (Å²) in [5.74, 6) is -1.44. The number of benzene rings is 1. The predicted octanol–water partition coefficient (Wildman–Crippen LogP) is 1.88. The van der Waals surface area contributed by atoms with Gasteiger partial charge in [-0.2, -0.15) is 13.2 Å². The van der Waals surface area contributed by atoms with E-state index < -0.39 is 12.1 Å². The van der Waals surface area contributed by atoms with Gasteiger partial charge in [0.2, 0.25) is 0 Å². The van der Waals surface area contributed by atoms with E-state index in [1.807, 2.05) is 35.2 Å². The van der Waals surface area contributed by atoms with Gasteiger partial charge < -0.3 is 24.4 Å². The van der Waals surface area contributed by atoms with Gasteiger partial charge in [-0.05, 0) is 25.6 Å². The van der Waals surface area contributed by atoms with Crippen LogP contribution in [-0.4, -0.2) is 85.5 Å². The summed E-state index contributed by atoms with van der Waals surface area (Å²) in [4.78, 5) is 25.4. The van der Waals surface area contributed by atoms with Gasteiger partial charge in [-0.3, -0.25) is 4.79 Å². The number of alkyl halides is 3. The molecule has 0 aromatic heterocycles. The maximum Gasteiger partial charge on any atom is 0.490 e. The Kier molecular flexibility index (Phi) is 8.27. The number of para-hydroxylation sites is 1. The molecular formula is C19H25F3N2O5. The van der Waals surface area contributed by atoms with Crippen molar-refractivity contribution in [2.75, 3.05) is 46.4 Å². The van der Waals surface area contributed by atoms with Crippen LogP contribution in [0, 0.1) is 5.92 Å².